The molecule has 1 N–H and O–H groups in total. The fraction of sp³-hybridized carbons (Fsp3) is 0.606. The number of hydrogen-bond acceptors (Lipinski definition) is 6. The lowest BCUT2D eigenvalue weighted by Gasteiger charge is -2.44. The highest BCUT2D eigenvalue weighted by Crippen LogP contribution is 2.40. The fourth-order valence-electron chi connectivity index (χ4n) is 6.91. The molecule has 5 rings (SSSR count). The topological polar surface area (TPSA) is 78.0 Å². The lowest BCUT2D eigenvalue weighted by atomic mass is 9.81. The largest absolute Gasteiger partial charge is 0.493 e. The summed E-state index contributed by atoms with van der Waals surface area (Å²) in [6, 6.07) is 11.5. The maximum Gasteiger partial charge on any atom is 0.391 e. The van der Waals surface area contributed by atoms with Crippen LogP contribution in [0.5, 0.6) is 5.75 Å². The molecule has 2 aliphatic heterocycles. The number of halogens is 3. The molecule has 1 aliphatic carbocycles. The Morgan fingerprint density at radius 1 is 0.977 bits per heavy atom. The highest BCUT2D eigenvalue weighted by atomic mass is 19.4. The summed E-state index contributed by atoms with van der Waals surface area (Å²) in [7, 11) is 2.04. The van der Waals surface area contributed by atoms with Gasteiger partial charge in [-0.2, -0.15) is 13.2 Å². The van der Waals surface area contributed by atoms with Crippen molar-refractivity contribution in [2.45, 2.75) is 70.6 Å². The Morgan fingerprint density at radius 3 is 2.39 bits per heavy atom. The Hall–Kier alpha value is -3.34. The number of aromatic nitrogens is 1. The van der Waals surface area contributed by atoms with Crippen LogP contribution in [0.1, 0.15) is 62.9 Å². The number of benzene rings is 1. The molecule has 0 unspecified atom stereocenters. The molecule has 3 aliphatic rings. The van der Waals surface area contributed by atoms with Crippen LogP contribution in [-0.2, 0) is 4.79 Å². The molecule has 0 bridgehead atoms. The molecule has 2 aromatic rings. The highest BCUT2D eigenvalue weighted by molar-refractivity contribution is 5.99. The average Bonchev–Trinajstić information content (AvgIpc) is 3.44. The van der Waals surface area contributed by atoms with E-state index in [9.17, 15) is 22.8 Å². The number of rotatable bonds is 8. The first-order chi connectivity index (χ1) is 21.1. The number of nitrogens with zero attached hydrogens (tertiary/aromatic N) is 4. The van der Waals surface area contributed by atoms with Gasteiger partial charge in [0, 0.05) is 49.7 Å². The van der Waals surface area contributed by atoms with Gasteiger partial charge in [-0.1, -0.05) is 19.1 Å². The standard InChI is InChI=1S/C33H44F3N5O3/c1-4-25-21-40(32(43)22-10-12-23(13-11-22)33(34,35)36)18-19-41(25)28-15-14-27(26-8-6-7-9-29(26)44-5-2)38-30(28)31(42)37-24-16-17-39(3)20-24/h6-9,14-15,22-25H,4-5,10-13,16-21H2,1-3H3,(H,37,42)/t22-,23+,24-,25-/m1/s1. The van der Waals surface area contributed by atoms with Crippen LogP contribution < -0.4 is 15.0 Å². The van der Waals surface area contributed by atoms with Crippen LogP contribution in [0.3, 0.4) is 0 Å². The molecule has 1 saturated carbocycles. The molecule has 0 spiro atoms. The maximum absolute atomic E-state index is 13.8. The van der Waals surface area contributed by atoms with Crippen molar-refractivity contribution in [2.75, 3.05) is 51.3 Å². The number of likely N-dealkylation sites (N-methyl/N-ethyl adjacent to an activating group) is 1. The summed E-state index contributed by atoms with van der Waals surface area (Å²) >= 11 is 0. The van der Waals surface area contributed by atoms with E-state index in [0.29, 0.717) is 43.4 Å². The predicted molar refractivity (Wildman–Crippen MR) is 164 cm³/mol. The van der Waals surface area contributed by atoms with Gasteiger partial charge in [-0.3, -0.25) is 9.59 Å². The fourth-order valence-corrected chi connectivity index (χ4v) is 6.91. The van der Waals surface area contributed by atoms with Crippen LogP contribution in [0.15, 0.2) is 36.4 Å². The zero-order valence-electron chi connectivity index (χ0n) is 25.9. The third-order valence-electron chi connectivity index (χ3n) is 9.39. The Balaban J connectivity index is 1.38. The third kappa shape index (κ3) is 7.14. The number of piperazine rings is 1. The molecule has 44 heavy (non-hydrogen) atoms. The van der Waals surface area contributed by atoms with Crippen LogP contribution in [-0.4, -0.2) is 91.2 Å². The average molecular weight is 616 g/mol. The molecule has 1 aromatic carbocycles. The second-order valence-corrected chi connectivity index (χ2v) is 12.3. The van der Waals surface area contributed by atoms with E-state index in [1.807, 2.05) is 55.3 Å². The summed E-state index contributed by atoms with van der Waals surface area (Å²) in [6.07, 6.45) is -2.03. The van der Waals surface area contributed by atoms with Gasteiger partial charge < -0.3 is 24.8 Å². The Morgan fingerprint density at radius 2 is 1.73 bits per heavy atom. The molecule has 2 atom stereocenters. The van der Waals surface area contributed by atoms with E-state index in [1.54, 1.807) is 0 Å². The van der Waals surface area contributed by atoms with Gasteiger partial charge in [0.15, 0.2) is 5.69 Å². The number of amides is 2. The van der Waals surface area contributed by atoms with Crippen LogP contribution in [0.25, 0.3) is 11.3 Å². The molecule has 1 aromatic heterocycles. The zero-order valence-corrected chi connectivity index (χ0v) is 25.9. The number of carbonyl (C=O) groups excluding carboxylic acids is 2. The first-order valence-electron chi connectivity index (χ1n) is 15.9. The number of ether oxygens (including phenoxy) is 1. The van der Waals surface area contributed by atoms with Crippen LogP contribution in [0.4, 0.5) is 18.9 Å². The number of alkyl halides is 3. The van der Waals surface area contributed by atoms with E-state index in [1.165, 1.54) is 0 Å². The SMILES string of the molecule is CCOc1ccccc1-c1ccc(N2CCN(C(=O)[C@H]3CC[C@@H](C(F)(F)F)CC3)C[C@H]2CC)c(C(=O)N[C@@H]2CCN(C)C2)n1. The number of likely N-dealkylation sites (tertiary alicyclic amines) is 1. The molecule has 0 radical (unpaired) electrons. The van der Waals surface area contributed by atoms with Gasteiger partial charge in [0.2, 0.25) is 5.91 Å². The van der Waals surface area contributed by atoms with E-state index in [0.717, 1.165) is 37.2 Å². The van der Waals surface area contributed by atoms with Crippen molar-refractivity contribution in [2.24, 2.45) is 11.8 Å². The summed E-state index contributed by atoms with van der Waals surface area (Å²) in [5.41, 5.74) is 2.50. The van der Waals surface area contributed by atoms with Gasteiger partial charge >= 0.3 is 6.18 Å². The second kappa shape index (κ2) is 13.7. The normalized spacial score (nSPS) is 24.8. The predicted octanol–water partition coefficient (Wildman–Crippen LogP) is 5.38. The lowest BCUT2D eigenvalue weighted by molar-refractivity contribution is -0.185. The van der Waals surface area contributed by atoms with Crippen LogP contribution in [0, 0.1) is 11.8 Å². The van der Waals surface area contributed by atoms with Crippen molar-refractivity contribution in [1.82, 2.24) is 20.1 Å². The van der Waals surface area contributed by atoms with Crippen molar-refractivity contribution in [3.05, 3.63) is 42.1 Å². The first-order valence-corrected chi connectivity index (χ1v) is 15.9. The van der Waals surface area contributed by atoms with E-state index in [2.05, 4.69) is 22.0 Å². The van der Waals surface area contributed by atoms with Crippen LogP contribution >= 0.6 is 0 Å². The van der Waals surface area contributed by atoms with Crippen molar-refractivity contribution in [3.63, 3.8) is 0 Å². The van der Waals surface area contributed by atoms with Crippen molar-refractivity contribution in [3.8, 4) is 17.0 Å². The van der Waals surface area contributed by atoms with Gasteiger partial charge in [-0.15, -0.1) is 0 Å². The van der Waals surface area contributed by atoms with E-state index in [-0.39, 0.29) is 55.5 Å². The molecule has 11 heteroatoms. The maximum atomic E-state index is 13.8. The number of nitrogens with one attached hydrogen (secondary N) is 1. The number of carbonyl (C=O) groups is 2. The minimum Gasteiger partial charge on any atom is -0.493 e. The molecular weight excluding hydrogens is 571 g/mol. The number of hydrogen-bond donors (Lipinski definition) is 1. The molecular formula is C33H44F3N5O3. The summed E-state index contributed by atoms with van der Waals surface area (Å²) in [6.45, 7) is 7.57. The third-order valence-corrected chi connectivity index (χ3v) is 9.39. The van der Waals surface area contributed by atoms with E-state index in [4.69, 9.17) is 9.72 Å². The van der Waals surface area contributed by atoms with Gasteiger partial charge in [0.25, 0.3) is 5.91 Å². The lowest BCUT2D eigenvalue weighted by Crippen LogP contribution is -2.56. The molecule has 8 nitrogen and oxygen atoms in total. The van der Waals surface area contributed by atoms with E-state index < -0.39 is 12.1 Å². The van der Waals surface area contributed by atoms with Crippen molar-refractivity contribution in [1.29, 1.82) is 0 Å². The Bertz CT molecular complexity index is 1310. The summed E-state index contributed by atoms with van der Waals surface area (Å²) in [5.74, 6) is -1.26. The Labute approximate surface area is 257 Å². The molecule has 2 amide bonds. The number of pyridine rings is 1. The monoisotopic (exact) mass is 615 g/mol. The summed E-state index contributed by atoms with van der Waals surface area (Å²) < 4.78 is 45.4. The zero-order chi connectivity index (χ0) is 31.4. The van der Waals surface area contributed by atoms with Gasteiger partial charge in [0.05, 0.1) is 23.9 Å². The smallest absolute Gasteiger partial charge is 0.391 e. The molecule has 2 saturated heterocycles. The molecule has 3 heterocycles. The first kappa shape index (κ1) is 32.1. The number of para-hydroxylation sites is 1. The highest BCUT2D eigenvalue weighted by Gasteiger charge is 2.43. The quantitative estimate of drug-likeness (QED) is 0.430. The molecule has 3 fully saturated rings. The summed E-state index contributed by atoms with van der Waals surface area (Å²) in [4.78, 5) is 38.4. The Kier molecular flexibility index (Phi) is 10.0. The number of anilines is 1. The summed E-state index contributed by atoms with van der Waals surface area (Å²) in [5, 5.41) is 3.19. The van der Waals surface area contributed by atoms with Gasteiger partial charge in [0.1, 0.15) is 5.75 Å². The van der Waals surface area contributed by atoms with Gasteiger partial charge in [-0.05, 0) is 83.3 Å². The van der Waals surface area contributed by atoms with Gasteiger partial charge in [-0.25, -0.2) is 4.98 Å². The van der Waals surface area contributed by atoms with E-state index >= 15 is 0 Å². The van der Waals surface area contributed by atoms with Crippen LogP contribution in [0.2, 0.25) is 0 Å². The second-order valence-electron chi connectivity index (χ2n) is 12.3. The van der Waals surface area contributed by atoms with Crippen molar-refractivity contribution < 1.29 is 27.5 Å². The minimum atomic E-state index is -4.20. The minimum absolute atomic E-state index is 0.0107. The molecule has 240 valence electrons. The van der Waals surface area contributed by atoms with Crippen molar-refractivity contribution >= 4 is 17.5 Å².